The molecule has 1 amide bonds. The second-order valence-corrected chi connectivity index (χ2v) is 6.45. The van der Waals surface area contributed by atoms with Crippen LogP contribution >= 0.6 is 0 Å². The zero-order valence-corrected chi connectivity index (χ0v) is 13.0. The Hall–Kier alpha value is -1.69. The third kappa shape index (κ3) is 4.41. The van der Waals surface area contributed by atoms with Gasteiger partial charge in [-0.25, -0.2) is 8.78 Å². The average Bonchev–Trinajstić information content (AvgIpc) is 2.86. The smallest absolute Gasteiger partial charge is 0.220 e. The van der Waals surface area contributed by atoms with Crippen LogP contribution in [0.3, 0.4) is 0 Å². The molecule has 2 heterocycles. The van der Waals surface area contributed by atoms with Crippen molar-refractivity contribution in [2.24, 2.45) is 5.92 Å². The molecule has 2 fully saturated rings. The van der Waals surface area contributed by atoms with E-state index in [1.165, 1.54) is 18.9 Å². The third-order valence-corrected chi connectivity index (χ3v) is 4.63. The highest BCUT2D eigenvalue weighted by molar-refractivity contribution is 5.76. The number of amides is 1. The van der Waals surface area contributed by atoms with Gasteiger partial charge >= 0.3 is 0 Å². The van der Waals surface area contributed by atoms with Gasteiger partial charge in [-0.2, -0.15) is 0 Å². The molecule has 2 saturated heterocycles. The molecular weight excluding hydrogens is 302 g/mol. The van der Waals surface area contributed by atoms with Crippen LogP contribution in [0.2, 0.25) is 0 Å². The summed E-state index contributed by atoms with van der Waals surface area (Å²) in [5, 5.41) is 6.39. The third-order valence-electron chi connectivity index (χ3n) is 4.63. The summed E-state index contributed by atoms with van der Waals surface area (Å²) in [7, 11) is 0. The van der Waals surface area contributed by atoms with E-state index in [1.54, 1.807) is 0 Å². The van der Waals surface area contributed by atoms with Crippen molar-refractivity contribution in [1.82, 2.24) is 10.6 Å². The van der Waals surface area contributed by atoms with Gasteiger partial charge in [0.1, 0.15) is 12.4 Å². The van der Waals surface area contributed by atoms with Gasteiger partial charge in [0.05, 0.1) is 6.54 Å². The largest absolute Gasteiger partial charge is 0.492 e. The van der Waals surface area contributed by atoms with Crippen molar-refractivity contribution in [3.63, 3.8) is 0 Å². The van der Waals surface area contributed by atoms with Gasteiger partial charge in [-0.3, -0.25) is 4.79 Å². The molecule has 2 unspecified atom stereocenters. The number of halogens is 2. The van der Waals surface area contributed by atoms with E-state index in [2.05, 4.69) is 10.6 Å². The summed E-state index contributed by atoms with van der Waals surface area (Å²) in [5.41, 5.74) is 0. The van der Waals surface area contributed by atoms with Crippen LogP contribution in [-0.4, -0.2) is 31.1 Å². The van der Waals surface area contributed by atoms with Crippen molar-refractivity contribution >= 4 is 5.91 Å². The Morgan fingerprint density at radius 2 is 1.96 bits per heavy atom. The van der Waals surface area contributed by atoms with Crippen molar-refractivity contribution in [1.29, 1.82) is 0 Å². The van der Waals surface area contributed by atoms with Crippen LogP contribution in [0.15, 0.2) is 18.2 Å². The minimum absolute atomic E-state index is 0.0326. The molecule has 2 aliphatic heterocycles. The Morgan fingerprint density at radius 1 is 1.22 bits per heavy atom. The molecule has 2 bridgehead atoms. The maximum atomic E-state index is 13.0. The summed E-state index contributed by atoms with van der Waals surface area (Å²) in [6.45, 7) is 0.587. The predicted molar refractivity (Wildman–Crippen MR) is 82.1 cm³/mol. The van der Waals surface area contributed by atoms with E-state index in [-0.39, 0.29) is 18.3 Å². The molecule has 2 N–H and O–H groups in total. The lowest BCUT2D eigenvalue weighted by atomic mass is 9.89. The molecule has 1 aromatic rings. The van der Waals surface area contributed by atoms with Crippen LogP contribution in [-0.2, 0) is 4.79 Å². The fourth-order valence-electron chi connectivity index (χ4n) is 3.60. The van der Waals surface area contributed by atoms with E-state index in [0.717, 1.165) is 25.0 Å². The zero-order valence-electron chi connectivity index (χ0n) is 13.0. The Morgan fingerprint density at radius 3 is 2.65 bits per heavy atom. The lowest BCUT2D eigenvalue weighted by molar-refractivity contribution is -0.122. The van der Waals surface area contributed by atoms with Crippen LogP contribution in [0.4, 0.5) is 8.78 Å². The minimum Gasteiger partial charge on any atom is -0.492 e. The van der Waals surface area contributed by atoms with Gasteiger partial charge < -0.3 is 15.4 Å². The van der Waals surface area contributed by atoms with Crippen molar-refractivity contribution < 1.29 is 18.3 Å². The number of hydrogen-bond acceptors (Lipinski definition) is 3. The molecule has 23 heavy (non-hydrogen) atoms. The van der Waals surface area contributed by atoms with E-state index in [1.807, 2.05) is 0 Å². The van der Waals surface area contributed by atoms with Gasteiger partial charge in [-0.05, 0) is 43.7 Å². The fraction of sp³-hybridized carbons (Fsp3) is 0.588. The molecule has 3 rings (SSSR count). The maximum absolute atomic E-state index is 13.0. The van der Waals surface area contributed by atoms with Crippen LogP contribution in [0, 0.1) is 17.6 Å². The first-order valence-corrected chi connectivity index (χ1v) is 8.21. The number of carbonyl (C=O) groups excluding carboxylic acids is 1. The minimum atomic E-state index is -0.938. The Bertz CT molecular complexity index is 556. The van der Waals surface area contributed by atoms with E-state index >= 15 is 0 Å². The standard InChI is InChI=1S/C17H22F2N2O2/c18-15-4-3-14(10-16(15)19)23-6-5-20-17(22)9-11-7-12-1-2-13(8-11)21-12/h3-4,10-13,21H,1-2,5-9H2,(H,20,22). The topological polar surface area (TPSA) is 50.4 Å². The molecule has 4 nitrogen and oxygen atoms in total. The van der Waals surface area contributed by atoms with Crippen LogP contribution in [0.25, 0.3) is 0 Å². The number of ether oxygens (including phenoxy) is 1. The number of nitrogens with one attached hydrogen (secondary N) is 2. The Balaban J connectivity index is 1.34. The van der Waals surface area contributed by atoms with Gasteiger partial charge in [-0.15, -0.1) is 0 Å². The fourth-order valence-corrected chi connectivity index (χ4v) is 3.60. The molecule has 0 saturated carbocycles. The number of hydrogen-bond donors (Lipinski definition) is 2. The van der Waals surface area contributed by atoms with Crippen molar-refractivity contribution in [2.45, 2.75) is 44.2 Å². The summed E-state index contributed by atoms with van der Waals surface area (Å²) in [5.74, 6) is -1.09. The summed E-state index contributed by atoms with van der Waals surface area (Å²) in [6, 6.07) is 4.56. The van der Waals surface area contributed by atoms with Gasteiger partial charge in [0.15, 0.2) is 11.6 Å². The SMILES string of the molecule is O=C(CC1CC2CCC(C1)N2)NCCOc1ccc(F)c(F)c1. The molecule has 0 radical (unpaired) electrons. The lowest BCUT2D eigenvalue weighted by Crippen LogP contribution is -2.40. The first-order valence-electron chi connectivity index (χ1n) is 8.21. The number of piperidine rings is 1. The van der Waals surface area contributed by atoms with E-state index < -0.39 is 11.6 Å². The van der Waals surface area contributed by atoms with Crippen LogP contribution < -0.4 is 15.4 Å². The van der Waals surface area contributed by atoms with Crippen LogP contribution in [0.1, 0.15) is 32.1 Å². The highest BCUT2D eigenvalue weighted by atomic mass is 19.2. The van der Waals surface area contributed by atoms with E-state index in [9.17, 15) is 13.6 Å². The zero-order chi connectivity index (χ0) is 16.2. The molecular formula is C17H22F2N2O2. The number of carbonyl (C=O) groups is 1. The molecule has 2 aliphatic rings. The van der Waals surface area contributed by atoms with Gasteiger partial charge in [0, 0.05) is 24.6 Å². The number of benzene rings is 1. The summed E-state index contributed by atoms with van der Waals surface area (Å²) < 4.78 is 31.1. The van der Waals surface area contributed by atoms with Gasteiger partial charge in [-0.1, -0.05) is 0 Å². The number of rotatable bonds is 6. The first-order chi connectivity index (χ1) is 11.1. The maximum Gasteiger partial charge on any atom is 0.220 e. The predicted octanol–water partition coefficient (Wildman–Crippen LogP) is 2.38. The molecule has 126 valence electrons. The molecule has 6 heteroatoms. The van der Waals surface area contributed by atoms with E-state index in [4.69, 9.17) is 4.74 Å². The molecule has 2 atom stereocenters. The second kappa shape index (κ2) is 7.25. The van der Waals surface area contributed by atoms with Crippen molar-refractivity contribution in [3.8, 4) is 5.75 Å². The molecule has 0 aromatic heterocycles. The summed E-state index contributed by atoms with van der Waals surface area (Å²) >= 11 is 0. The Labute approximate surface area is 134 Å². The van der Waals surface area contributed by atoms with Crippen molar-refractivity contribution in [3.05, 3.63) is 29.8 Å². The molecule has 0 aliphatic carbocycles. The van der Waals surface area contributed by atoms with Crippen LogP contribution in [0.5, 0.6) is 5.75 Å². The summed E-state index contributed by atoms with van der Waals surface area (Å²) in [4.78, 5) is 12.0. The normalized spacial score (nSPS) is 26.1. The van der Waals surface area contributed by atoms with Gasteiger partial charge in [0.25, 0.3) is 0 Å². The first kappa shape index (κ1) is 16.2. The average molecular weight is 324 g/mol. The monoisotopic (exact) mass is 324 g/mol. The van der Waals surface area contributed by atoms with Gasteiger partial charge in [0.2, 0.25) is 5.91 Å². The Kier molecular flexibility index (Phi) is 5.10. The van der Waals surface area contributed by atoms with E-state index in [0.29, 0.717) is 31.0 Å². The second-order valence-electron chi connectivity index (χ2n) is 6.45. The highest BCUT2D eigenvalue weighted by Crippen LogP contribution is 2.32. The molecule has 0 spiro atoms. The van der Waals surface area contributed by atoms with Crippen molar-refractivity contribution in [2.75, 3.05) is 13.2 Å². The summed E-state index contributed by atoms with van der Waals surface area (Å²) in [6.07, 6.45) is 5.17. The lowest BCUT2D eigenvalue weighted by Gasteiger charge is -2.28. The quantitative estimate of drug-likeness (QED) is 0.790. The highest BCUT2D eigenvalue weighted by Gasteiger charge is 2.34. The molecule has 1 aromatic carbocycles. The number of fused-ring (bicyclic) bond motifs is 2.